The van der Waals surface area contributed by atoms with Gasteiger partial charge in [0.25, 0.3) is 0 Å². The number of carbonyl (C=O) groups excluding carboxylic acids is 2. The first-order valence-electron chi connectivity index (χ1n) is 5.30. The number of aryl methyl sites for hydroxylation is 1. The monoisotopic (exact) mass is 231 g/mol. The summed E-state index contributed by atoms with van der Waals surface area (Å²) in [5.41, 5.74) is 2.47. The summed E-state index contributed by atoms with van der Waals surface area (Å²) in [7, 11) is 0. The van der Waals surface area contributed by atoms with Gasteiger partial charge in [-0.1, -0.05) is 0 Å². The van der Waals surface area contributed by atoms with Crippen LogP contribution in [0.3, 0.4) is 0 Å². The lowest BCUT2D eigenvalue weighted by molar-refractivity contribution is -0.124. The predicted octanol–water partition coefficient (Wildman–Crippen LogP) is 1.79. The van der Waals surface area contributed by atoms with Crippen LogP contribution in [0.15, 0.2) is 18.2 Å². The van der Waals surface area contributed by atoms with Crippen LogP contribution in [-0.4, -0.2) is 21.9 Å². The summed E-state index contributed by atoms with van der Waals surface area (Å²) in [4.78, 5) is 22.2. The zero-order valence-corrected chi connectivity index (χ0v) is 9.70. The fourth-order valence-corrected chi connectivity index (χ4v) is 1.65. The summed E-state index contributed by atoms with van der Waals surface area (Å²) in [6, 6.07) is 5.46. The van der Waals surface area contributed by atoms with Gasteiger partial charge in [-0.2, -0.15) is 5.10 Å². The number of benzene rings is 1. The highest BCUT2D eigenvalue weighted by Gasteiger charge is 2.07. The molecule has 2 N–H and O–H groups in total. The summed E-state index contributed by atoms with van der Waals surface area (Å²) >= 11 is 0. The van der Waals surface area contributed by atoms with E-state index in [9.17, 15) is 9.59 Å². The molecule has 0 aliphatic rings. The van der Waals surface area contributed by atoms with Gasteiger partial charge in [-0.3, -0.25) is 14.7 Å². The number of H-pyrrole nitrogens is 1. The SMILES string of the molecule is CC(=O)CC(=O)Nc1ccc2[nH]nc(C)c2c1. The number of ketones is 1. The summed E-state index contributed by atoms with van der Waals surface area (Å²) < 4.78 is 0. The highest BCUT2D eigenvalue weighted by Crippen LogP contribution is 2.20. The first-order chi connectivity index (χ1) is 8.06. The maximum Gasteiger partial charge on any atom is 0.231 e. The van der Waals surface area contributed by atoms with Crippen molar-refractivity contribution in [2.24, 2.45) is 0 Å². The highest BCUT2D eigenvalue weighted by atomic mass is 16.2. The first kappa shape index (κ1) is 11.3. The molecule has 0 bridgehead atoms. The Morgan fingerprint density at radius 3 is 2.88 bits per heavy atom. The second-order valence-electron chi connectivity index (χ2n) is 4.00. The number of carbonyl (C=O) groups is 2. The molecule has 1 aromatic heterocycles. The van der Waals surface area contributed by atoms with Crippen molar-refractivity contribution in [2.45, 2.75) is 20.3 Å². The Bertz CT molecular complexity index is 586. The third kappa shape index (κ3) is 2.50. The molecule has 0 fully saturated rings. The average molecular weight is 231 g/mol. The summed E-state index contributed by atoms with van der Waals surface area (Å²) in [6.45, 7) is 3.28. The van der Waals surface area contributed by atoms with Gasteiger partial charge >= 0.3 is 0 Å². The normalized spacial score (nSPS) is 10.5. The maximum absolute atomic E-state index is 11.4. The largest absolute Gasteiger partial charge is 0.326 e. The van der Waals surface area contributed by atoms with Gasteiger partial charge in [-0.15, -0.1) is 0 Å². The van der Waals surface area contributed by atoms with E-state index >= 15 is 0 Å². The minimum Gasteiger partial charge on any atom is -0.326 e. The molecule has 0 saturated heterocycles. The van der Waals surface area contributed by atoms with Crippen LogP contribution in [0.1, 0.15) is 19.0 Å². The third-order valence-corrected chi connectivity index (χ3v) is 2.45. The van der Waals surface area contributed by atoms with Crippen LogP contribution in [0, 0.1) is 6.92 Å². The number of aromatic nitrogens is 2. The Labute approximate surface area is 98.2 Å². The molecular formula is C12H13N3O2. The van der Waals surface area contributed by atoms with E-state index < -0.39 is 0 Å². The number of rotatable bonds is 3. The van der Waals surface area contributed by atoms with Crippen molar-refractivity contribution in [3.05, 3.63) is 23.9 Å². The molecule has 1 amide bonds. The average Bonchev–Trinajstić information content (AvgIpc) is 2.59. The number of hydrogen-bond acceptors (Lipinski definition) is 3. The van der Waals surface area contributed by atoms with Crippen LogP contribution in [-0.2, 0) is 9.59 Å². The zero-order valence-electron chi connectivity index (χ0n) is 9.70. The summed E-state index contributed by atoms with van der Waals surface area (Å²) in [6.07, 6.45) is -0.0948. The molecule has 1 aromatic carbocycles. The molecule has 5 heteroatoms. The molecule has 2 rings (SSSR count). The van der Waals surface area contributed by atoms with Gasteiger partial charge in [0.15, 0.2) is 0 Å². The van der Waals surface area contributed by atoms with Crippen molar-refractivity contribution >= 4 is 28.3 Å². The summed E-state index contributed by atoms with van der Waals surface area (Å²) in [5.74, 6) is -0.443. The fourth-order valence-electron chi connectivity index (χ4n) is 1.65. The van der Waals surface area contributed by atoms with Crippen molar-refractivity contribution < 1.29 is 9.59 Å². The van der Waals surface area contributed by atoms with Gasteiger partial charge < -0.3 is 5.32 Å². The van der Waals surface area contributed by atoms with Crippen LogP contribution >= 0.6 is 0 Å². The Balaban J connectivity index is 2.21. The third-order valence-electron chi connectivity index (χ3n) is 2.45. The van der Waals surface area contributed by atoms with Gasteiger partial charge in [-0.25, -0.2) is 0 Å². The van der Waals surface area contributed by atoms with Gasteiger partial charge in [-0.05, 0) is 32.0 Å². The van der Waals surface area contributed by atoms with Crippen LogP contribution in [0.5, 0.6) is 0 Å². The molecule has 0 saturated carbocycles. The number of nitrogens with one attached hydrogen (secondary N) is 2. The van der Waals surface area contributed by atoms with Gasteiger partial charge in [0.1, 0.15) is 5.78 Å². The lowest BCUT2D eigenvalue weighted by atomic mass is 10.2. The molecule has 0 atom stereocenters. The number of Topliss-reactive ketones (excluding diaryl/α,β-unsaturated/α-hetero) is 1. The van der Waals surface area contributed by atoms with Crippen molar-refractivity contribution in [1.29, 1.82) is 0 Å². The zero-order chi connectivity index (χ0) is 12.4. The quantitative estimate of drug-likeness (QED) is 0.791. The van der Waals surface area contributed by atoms with E-state index in [1.165, 1.54) is 6.92 Å². The van der Waals surface area contributed by atoms with E-state index in [2.05, 4.69) is 15.5 Å². The minimum atomic E-state index is -0.294. The lowest BCUT2D eigenvalue weighted by Crippen LogP contribution is -2.14. The van der Waals surface area contributed by atoms with Crippen LogP contribution in [0.2, 0.25) is 0 Å². The Morgan fingerprint density at radius 1 is 1.41 bits per heavy atom. The van der Waals surface area contributed by atoms with Crippen molar-refractivity contribution in [2.75, 3.05) is 5.32 Å². The number of amides is 1. The Hall–Kier alpha value is -2.17. The Kier molecular flexibility index (Phi) is 2.91. The molecule has 0 radical (unpaired) electrons. The van der Waals surface area contributed by atoms with E-state index in [0.29, 0.717) is 5.69 Å². The van der Waals surface area contributed by atoms with E-state index in [0.717, 1.165) is 16.6 Å². The number of aromatic amines is 1. The van der Waals surface area contributed by atoms with Gasteiger partial charge in [0.2, 0.25) is 5.91 Å². The summed E-state index contributed by atoms with van der Waals surface area (Å²) in [5, 5.41) is 10.6. The fraction of sp³-hybridized carbons (Fsp3) is 0.250. The molecule has 0 aliphatic heterocycles. The molecule has 17 heavy (non-hydrogen) atoms. The van der Waals surface area contributed by atoms with E-state index in [-0.39, 0.29) is 18.1 Å². The van der Waals surface area contributed by atoms with E-state index in [1.54, 1.807) is 6.07 Å². The topological polar surface area (TPSA) is 74.8 Å². The molecule has 88 valence electrons. The van der Waals surface area contributed by atoms with Gasteiger partial charge in [0, 0.05) is 11.1 Å². The van der Waals surface area contributed by atoms with Gasteiger partial charge in [0.05, 0.1) is 17.6 Å². The van der Waals surface area contributed by atoms with E-state index in [4.69, 9.17) is 0 Å². The number of nitrogens with zero attached hydrogens (tertiary/aromatic N) is 1. The standard InChI is InChI=1S/C12H13N3O2/c1-7(16)5-12(17)13-9-3-4-11-10(6-9)8(2)14-15-11/h3-4,6H,5H2,1-2H3,(H,13,17)(H,14,15). The Morgan fingerprint density at radius 2 is 2.18 bits per heavy atom. The smallest absolute Gasteiger partial charge is 0.231 e. The molecule has 1 heterocycles. The molecule has 5 nitrogen and oxygen atoms in total. The highest BCUT2D eigenvalue weighted by molar-refractivity contribution is 6.04. The van der Waals surface area contributed by atoms with Crippen molar-refractivity contribution in [1.82, 2.24) is 10.2 Å². The number of hydrogen-bond donors (Lipinski definition) is 2. The second-order valence-corrected chi connectivity index (χ2v) is 4.00. The second kappa shape index (κ2) is 4.37. The molecule has 0 aliphatic carbocycles. The molecular weight excluding hydrogens is 218 g/mol. The molecule has 0 spiro atoms. The minimum absolute atomic E-state index is 0.0948. The van der Waals surface area contributed by atoms with Crippen molar-refractivity contribution in [3.63, 3.8) is 0 Å². The van der Waals surface area contributed by atoms with Crippen LogP contribution < -0.4 is 5.32 Å². The number of fused-ring (bicyclic) bond motifs is 1. The number of anilines is 1. The molecule has 0 unspecified atom stereocenters. The molecule has 2 aromatic rings. The lowest BCUT2D eigenvalue weighted by Gasteiger charge is -2.03. The van der Waals surface area contributed by atoms with E-state index in [1.807, 2.05) is 19.1 Å². The van der Waals surface area contributed by atoms with Crippen molar-refractivity contribution in [3.8, 4) is 0 Å². The van der Waals surface area contributed by atoms with Crippen LogP contribution in [0.4, 0.5) is 5.69 Å². The predicted molar refractivity (Wildman–Crippen MR) is 64.8 cm³/mol. The maximum atomic E-state index is 11.4. The first-order valence-corrected chi connectivity index (χ1v) is 5.30. The van der Waals surface area contributed by atoms with Crippen LogP contribution in [0.25, 0.3) is 10.9 Å².